The van der Waals surface area contributed by atoms with Gasteiger partial charge in [0.25, 0.3) is 0 Å². The lowest BCUT2D eigenvalue weighted by Gasteiger charge is -2.20. The first-order chi connectivity index (χ1) is 7.65. The third-order valence-electron chi connectivity index (χ3n) is 3.11. The molecule has 0 bridgehead atoms. The van der Waals surface area contributed by atoms with E-state index in [0.29, 0.717) is 12.0 Å². The highest BCUT2D eigenvalue weighted by molar-refractivity contribution is 5.46. The van der Waals surface area contributed by atoms with Crippen LogP contribution in [0.25, 0.3) is 0 Å². The number of ether oxygens (including phenoxy) is 1. The van der Waals surface area contributed by atoms with E-state index in [2.05, 4.69) is 12.2 Å². The van der Waals surface area contributed by atoms with Crippen LogP contribution in [0.2, 0.25) is 0 Å². The van der Waals surface area contributed by atoms with Crippen LogP contribution in [0.15, 0.2) is 18.2 Å². The zero-order chi connectivity index (χ0) is 11.5. The van der Waals surface area contributed by atoms with Crippen LogP contribution in [0.1, 0.15) is 18.9 Å². The molecule has 1 fully saturated rings. The van der Waals surface area contributed by atoms with Crippen molar-refractivity contribution < 1.29 is 9.13 Å². The van der Waals surface area contributed by atoms with E-state index in [4.69, 9.17) is 4.74 Å². The van der Waals surface area contributed by atoms with Crippen molar-refractivity contribution in [3.63, 3.8) is 0 Å². The van der Waals surface area contributed by atoms with Crippen LogP contribution in [0.5, 0.6) is 0 Å². The standard InChI is InChI=1S/C13H18FNO/c1-9-5-12(14)7-13(6-9)15-10(2)11-3-4-16-8-11/h5-7,10-11,15H,3-4,8H2,1-2H3. The van der Waals surface area contributed by atoms with Gasteiger partial charge in [-0.2, -0.15) is 0 Å². The van der Waals surface area contributed by atoms with Gasteiger partial charge in [0.15, 0.2) is 0 Å². The number of hydrogen-bond acceptors (Lipinski definition) is 2. The second kappa shape index (κ2) is 4.83. The van der Waals surface area contributed by atoms with E-state index in [9.17, 15) is 4.39 Å². The highest BCUT2D eigenvalue weighted by Gasteiger charge is 2.22. The van der Waals surface area contributed by atoms with Gasteiger partial charge in [-0.3, -0.25) is 0 Å². The van der Waals surface area contributed by atoms with Crippen LogP contribution in [0.3, 0.4) is 0 Å². The molecule has 1 aliphatic heterocycles. The third kappa shape index (κ3) is 2.73. The fraction of sp³-hybridized carbons (Fsp3) is 0.538. The van der Waals surface area contributed by atoms with E-state index in [1.54, 1.807) is 6.07 Å². The normalized spacial score (nSPS) is 22.1. The Balaban J connectivity index is 2.02. The summed E-state index contributed by atoms with van der Waals surface area (Å²) in [7, 11) is 0. The minimum Gasteiger partial charge on any atom is -0.382 e. The van der Waals surface area contributed by atoms with Gasteiger partial charge in [-0.1, -0.05) is 0 Å². The second-order valence-corrected chi connectivity index (χ2v) is 4.57. The smallest absolute Gasteiger partial charge is 0.125 e. The summed E-state index contributed by atoms with van der Waals surface area (Å²) in [6.45, 7) is 5.68. The van der Waals surface area contributed by atoms with Gasteiger partial charge in [0, 0.05) is 24.3 Å². The van der Waals surface area contributed by atoms with Gasteiger partial charge in [0.1, 0.15) is 5.82 Å². The minimum atomic E-state index is -0.183. The minimum absolute atomic E-state index is 0.183. The van der Waals surface area contributed by atoms with E-state index < -0.39 is 0 Å². The predicted octanol–water partition coefficient (Wildman–Crippen LogP) is 2.97. The molecule has 1 aromatic rings. The number of nitrogens with one attached hydrogen (secondary N) is 1. The topological polar surface area (TPSA) is 21.3 Å². The summed E-state index contributed by atoms with van der Waals surface area (Å²) in [6.07, 6.45) is 1.09. The number of aryl methyl sites for hydroxylation is 1. The molecule has 1 aromatic carbocycles. The predicted molar refractivity (Wildman–Crippen MR) is 63.1 cm³/mol. The van der Waals surface area contributed by atoms with Crippen molar-refractivity contribution in [3.05, 3.63) is 29.6 Å². The lowest BCUT2D eigenvalue weighted by atomic mass is 10.0. The van der Waals surface area contributed by atoms with Crippen LogP contribution >= 0.6 is 0 Å². The summed E-state index contributed by atoms with van der Waals surface area (Å²) in [5.41, 5.74) is 1.80. The summed E-state index contributed by atoms with van der Waals surface area (Å²) < 4.78 is 18.5. The number of anilines is 1. The van der Waals surface area contributed by atoms with Crippen molar-refractivity contribution in [2.24, 2.45) is 5.92 Å². The molecule has 0 spiro atoms. The molecular weight excluding hydrogens is 205 g/mol. The van der Waals surface area contributed by atoms with Gasteiger partial charge in [0.05, 0.1) is 6.61 Å². The van der Waals surface area contributed by atoms with Gasteiger partial charge >= 0.3 is 0 Å². The fourth-order valence-electron chi connectivity index (χ4n) is 2.15. The zero-order valence-corrected chi connectivity index (χ0v) is 9.79. The van der Waals surface area contributed by atoms with E-state index in [1.807, 2.05) is 13.0 Å². The fourth-order valence-corrected chi connectivity index (χ4v) is 2.15. The second-order valence-electron chi connectivity index (χ2n) is 4.57. The summed E-state index contributed by atoms with van der Waals surface area (Å²) in [6, 6.07) is 5.37. The Labute approximate surface area is 95.8 Å². The maximum atomic E-state index is 13.2. The zero-order valence-electron chi connectivity index (χ0n) is 9.79. The van der Waals surface area contributed by atoms with Crippen LogP contribution in [-0.4, -0.2) is 19.3 Å². The molecule has 16 heavy (non-hydrogen) atoms. The van der Waals surface area contributed by atoms with E-state index in [0.717, 1.165) is 30.9 Å². The van der Waals surface area contributed by atoms with Crippen molar-refractivity contribution in [3.8, 4) is 0 Å². The molecule has 0 saturated carbocycles. The Bertz CT molecular complexity index is 341. The molecule has 2 unspecified atom stereocenters. The molecule has 0 aromatic heterocycles. The summed E-state index contributed by atoms with van der Waals surface area (Å²) in [5, 5.41) is 3.35. The van der Waals surface area contributed by atoms with Gasteiger partial charge < -0.3 is 10.1 Å². The molecule has 1 N–H and O–H groups in total. The van der Waals surface area contributed by atoms with Crippen LogP contribution in [0.4, 0.5) is 10.1 Å². The third-order valence-corrected chi connectivity index (χ3v) is 3.11. The van der Waals surface area contributed by atoms with Crippen LogP contribution < -0.4 is 5.32 Å². The highest BCUT2D eigenvalue weighted by atomic mass is 19.1. The lowest BCUT2D eigenvalue weighted by Crippen LogP contribution is -2.26. The number of benzene rings is 1. The maximum Gasteiger partial charge on any atom is 0.125 e. The Morgan fingerprint density at radius 3 is 2.88 bits per heavy atom. The van der Waals surface area contributed by atoms with Gasteiger partial charge in [0.2, 0.25) is 0 Å². The molecule has 0 amide bonds. The van der Waals surface area contributed by atoms with Crippen molar-refractivity contribution in [1.82, 2.24) is 0 Å². The summed E-state index contributed by atoms with van der Waals surface area (Å²) >= 11 is 0. The molecule has 2 atom stereocenters. The molecule has 1 aliphatic rings. The maximum absolute atomic E-state index is 13.2. The quantitative estimate of drug-likeness (QED) is 0.850. The van der Waals surface area contributed by atoms with Crippen molar-refractivity contribution in [2.75, 3.05) is 18.5 Å². The first kappa shape index (κ1) is 11.4. The number of hydrogen-bond donors (Lipinski definition) is 1. The molecule has 1 heterocycles. The Hall–Kier alpha value is -1.09. The lowest BCUT2D eigenvalue weighted by molar-refractivity contribution is 0.183. The molecule has 3 heteroatoms. The first-order valence-corrected chi connectivity index (χ1v) is 5.76. The van der Waals surface area contributed by atoms with Crippen molar-refractivity contribution in [1.29, 1.82) is 0 Å². The largest absolute Gasteiger partial charge is 0.382 e. The highest BCUT2D eigenvalue weighted by Crippen LogP contribution is 2.21. The van der Waals surface area contributed by atoms with Gasteiger partial charge in [-0.25, -0.2) is 4.39 Å². The van der Waals surface area contributed by atoms with Crippen molar-refractivity contribution in [2.45, 2.75) is 26.3 Å². The van der Waals surface area contributed by atoms with Gasteiger partial charge in [-0.05, 0) is 44.0 Å². The van der Waals surface area contributed by atoms with Gasteiger partial charge in [-0.15, -0.1) is 0 Å². The van der Waals surface area contributed by atoms with E-state index in [-0.39, 0.29) is 5.82 Å². The first-order valence-electron chi connectivity index (χ1n) is 5.76. The molecule has 88 valence electrons. The van der Waals surface area contributed by atoms with Crippen molar-refractivity contribution >= 4 is 5.69 Å². The Kier molecular flexibility index (Phi) is 3.44. The molecule has 0 radical (unpaired) electrons. The average Bonchev–Trinajstić information content (AvgIpc) is 2.68. The molecule has 2 nitrogen and oxygen atoms in total. The average molecular weight is 223 g/mol. The Morgan fingerprint density at radius 2 is 2.25 bits per heavy atom. The molecule has 1 saturated heterocycles. The summed E-state index contributed by atoms with van der Waals surface area (Å²) in [5.74, 6) is 0.348. The molecule has 0 aliphatic carbocycles. The Morgan fingerprint density at radius 1 is 1.44 bits per heavy atom. The molecule has 2 rings (SSSR count). The summed E-state index contributed by atoms with van der Waals surface area (Å²) in [4.78, 5) is 0. The SMILES string of the molecule is Cc1cc(F)cc(NC(C)C2CCOC2)c1. The number of halogens is 1. The van der Waals surface area contributed by atoms with Crippen LogP contribution in [-0.2, 0) is 4.74 Å². The molecular formula is C13H18FNO. The number of rotatable bonds is 3. The van der Waals surface area contributed by atoms with E-state index in [1.165, 1.54) is 6.07 Å². The van der Waals surface area contributed by atoms with Crippen LogP contribution in [0, 0.1) is 18.7 Å². The van der Waals surface area contributed by atoms with E-state index >= 15 is 0 Å². The monoisotopic (exact) mass is 223 g/mol.